The Bertz CT molecular complexity index is 331. The smallest absolute Gasteiger partial charge is 0.0975 e. The van der Waals surface area contributed by atoms with Crippen molar-refractivity contribution >= 4 is 0 Å². The van der Waals surface area contributed by atoms with Gasteiger partial charge in [-0.25, -0.2) is 0 Å². The van der Waals surface area contributed by atoms with E-state index in [1.54, 1.807) is 0 Å². The predicted octanol–water partition coefficient (Wildman–Crippen LogP) is 3.84. The lowest BCUT2D eigenvalue weighted by molar-refractivity contribution is 0.0275. The summed E-state index contributed by atoms with van der Waals surface area (Å²) in [5, 5.41) is 0. The van der Waals surface area contributed by atoms with Gasteiger partial charge in [-0.2, -0.15) is 0 Å². The largest absolute Gasteiger partial charge is 0.372 e. The third-order valence-corrected chi connectivity index (χ3v) is 3.26. The SMILES string of the molecule is CCC(N)C(OCCC(C)C)c1ccc(C)cc1. The molecule has 2 nitrogen and oxygen atoms in total. The lowest BCUT2D eigenvalue weighted by Crippen LogP contribution is -2.30. The van der Waals surface area contributed by atoms with Crippen LogP contribution in [0.2, 0.25) is 0 Å². The Morgan fingerprint density at radius 2 is 1.78 bits per heavy atom. The van der Waals surface area contributed by atoms with E-state index in [0.29, 0.717) is 5.92 Å². The fraction of sp³-hybridized carbons (Fsp3) is 0.625. The van der Waals surface area contributed by atoms with Gasteiger partial charge in [0.15, 0.2) is 0 Å². The topological polar surface area (TPSA) is 35.2 Å². The minimum atomic E-state index is 0.0225. The van der Waals surface area contributed by atoms with E-state index in [-0.39, 0.29) is 12.1 Å². The number of benzene rings is 1. The van der Waals surface area contributed by atoms with Crippen LogP contribution in [0.5, 0.6) is 0 Å². The molecule has 0 aromatic heterocycles. The molecule has 0 fully saturated rings. The minimum Gasteiger partial charge on any atom is -0.372 e. The highest BCUT2D eigenvalue weighted by Gasteiger charge is 2.19. The third kappa shape index (κ3) is 4.79. The minimum absolute atomic E-state index is 0.0225. The first-order valence-corrected chi connectivity index (χ1v) is 6.98. The Hall–Kier alpha value is -0.860. The van der Waals surface area contributed by atoms with Crippen LogP contribution in [0.3, 0.4) is 0 Å². The second-order valence-electron chi connectivity index (χ2n) is 5.46. The molecule has 0 spiro atoms. The number of aryl methyl sites for hydroxylation is 1. The van der Waals surface area contributed by atoms with Crippen molar-refractivity contribution in [3.05, 3.63) is 35.4 Å². The zero-order chi connectivity index (χ0) is 13.5. The van der Waals surface area contributed by atoms with E-state index in [9.17, 15) is 0 Å². The summed E-state index contributed by atoms with van der Waals surface area (Å²) in [6.45, 7) is 9.41. The molecule has 1 rings (SSSR count). The van der Waals surface area contributed by atoms with Crippen LogP contribution < -0.4 is 5.73 Å². The summed E-state index contributed by atoms with van der Waals surface area (Å²) in [5.41, 5.74) is 8.64. The lowest BCUT2D eigenvalue weighted by atomic mass is 9.99. The molecule has 0 saturated heterocycles. The summed E-state index contributed by atoms with van der Waals surface area (Å²) in [7, 11) is 0. The normalized spacial score (nSPS) is 14.8. The fourth-order valence-electron chi connectivity index (χ4n) is 1.87. The van der Waals surface area contributed by atoms with Gasteiger partial charge in [0.25, 0.3) is 0 Å². The summed E-state index contributed by atoms with van der Waals surface area (Å²) < 4.78 is 6.01. The first kappa shape index (κ1) is 15.2. The standard InChI is InChI=1S/C16H27NO/c1-5-15(17)16(18-11-10-12(2)3)14-8-6-13(4)7-9-14/h6-9,12,15-16H,5,10-11,17H2,1-4H3. The molecule has 2 unspecified atom stereocenters. The van der Waals surface area contributed by atoms with E-state index >= 15 is 0 Å². The molecule has 1 aromatic carbocycles. The molecule has 0 bridgehead atoms. The van der Waals surface area contributed by atoms with Gasteiger partial charge in [-0.05, 0) is 31.2 Å². The molecule has 2 N–H and O–H groups in total. The van der Waals surface area contributed by atoms with E-state index in [1.807, 2.05) is 0 Å². The molecule has 2 heteroatoms. The lowest BCUT2D eigenvalue weighted by Gasteiger charge is -2.24. The summed E-state index contributed by atoms with van der Waals surface area (Å²) in [5.74, 6) is 0.668. The Balaban J connectivity index is 2.68. The van der Waals surface area contributed by atoms with Gasteiger partial charge < -0.3 is 10.5 Å². The van der Waals surface area contributed by atoms with Gasteiger partial charge in [-0.1, -0.05) is 50.6 Å². The number of ether oxygens (including phenoxy) is 1. The van der Waals surface area contributed by atoms with Gasteiger partial charge in [-0.3, -0.25) is 0 Å². The van der Waals surface area contributed by atoms with Crippen LogP contribution in [0, 0.1) is 12.8 Å². The molecule has 0 heterocycles. The van der Waals surface area contributed by atoms with Crippen molar-refractivity contribution < 1.29 is 4.74 Å². The Kier molecular flexibility index (Phi) is 6.37. The Labute approximate surface area is 112 Å². The Morgan fingerprint density at radius 1 is 1.17 bits per heavy atom. The summed E-state index contributed by atoms with van der Waals surface area (Å²) in [6.07, 6.45) is 2.04. The molecule has 2 atom stereocenters. The van der Waals surface area contributed by atoms with E-state index in [2.05, 4.69) is 52.0 Å². The molecule has 0 amide bonds. The summed E-state index contributed by atoms with van der Waals surface area (Å²) >= 11 is 0. The monoisotopic (exact) mass is 249 g/mol. The second-order valence-corrected chi connectivity index (χ2v) is 5.46. The number of nitrogens with two attached hydrogens (primary N) is 1. The summed E-state index contributed by atoms with van der Waals surface area (Å²) in [4.78, 5) is 0. The maximum absolute atomic E-state index is 6.18. The van der Waals surface area contributed by atoms with Crippen molar-refractivity contribution in [2.75, 3.05) is 6.61 Å². The Morgan fingerprint density at radius 3 is 2.28 bits per heavy atom. The van der Waals surface area contributed by atoms with Crippen molar-refractivity contribution in [1.29, 1.82) is 0 Å². The van der Waals surface area contributed by atoms with Crippen LogP contribution in [0.1, 0.15) is 50.8 Å². The highest BCUT2D eigenvalue weighted by molar-refractivity contribution is 5.24. The second kappa shape index (κ2) is 7.55. The van der Waals surface area contributed by atoms with Crippen LogP contribution in [0.4, 0.5) is 0 Å². The van der Waals surface area contributed by atoms with Crippen LogP contribution in [0.25, 0.3) is 0 Å². The fourth-order valence-corrected chi connectivity index (χ4v) is 1.87. The quantitative estimate of drug-likeness (QED) is 0.797. The van der Waals surface area contributed by atoms with Crippen molar-refractivity contribution in [3.8, 4) is 0 Å². The van der Waals surface area contributed by atoms with Gasteiger partial charge >= 0.3 is 0 Å². The van der Waals surface area contributed by atoms with Gasteiger partial charge in [0.2, 0.25) is 0 Å². The van der Waals surface area contributed by atoms with Gasteiger partial charge in [0.1, 0.15) is 0 Å². The summed E-state index contributed by atoms with van der Waals surface area (Å²) in [6, 6.07) is 8.57. The maximum Gasteiger partial charge on any atom is 0.0975 e. The average molecular weight is 249 g/mol. The van der Waals surface area contributed by atoms with Crippen LogP contribution in [-0.2, 0) is 4.74 Å². The van der Waals surface area contributed by atoms with Crippen LogP contribution in [0.15, 0.2) is 24.3 Å². The number of rotatable bonds is 7. The average Bonchev–Trinajstić information content (AvgIpc) is 2.35. The first-order valence-electron chi connectivity index (χ1n) is 6.98. The molecule has 0 aliphatic heterocycles. The van der Waals surface area contributed by atoms with Crippen molar-refractivity contribution in [2.45, 2.75) is 52.7 Å². The van der Waals surface area contributed by atoms with E-state index < -0.39 is 0 Å². The first-order chi connectivity index (χ1) is 8.54. The highest BCUT2D eigenvalue weighted by atomic mass is 16.5. The van der Waals surface area contributed by atoms with Crippen molar-refractivity contribution in [1.82, 2.24) is 0 Å². The van der Waals surface area contributed by atoms with E-state index in [0.717, 1.165) is 19.4 Å². The van der Waals surface area contributed by atoms with Gasteiger partial charge in [0, 0.05) is 12.6 Å². The third-order valence-electron chi connectivity index (χ3n) is 3.26. The molecular formula is C16H27NO. The zero-order valence-corrected chi connectivity index (χ0v) is 12.1. The molecule has 18 heavy (non-hydrogen) atoms. The van der Waals surface area contributed by atoms with Crippen molar-refractivity contribution in [3.63, 3.8) is 0 Å². The van der Waals surface area contributed by atoms with Gasteiger partial charge in [-0.15, -0.1) is 0 Å². The van der Waals surface area contributed by atoms with E-state index in [4.69, 9.17) is 10.5 Å². The molecule has 102 valence electrons. The van der Waals surface area contributed by atoms with Crippen LogP contribution in [-0.4, -0.2) is 12.6 Å². The van der Waals surface area contributed by atoms with Crippen LogP contribution >= 0.6 is 0 Å². The van der Waals surface area contributed by atoms with Gasteiger partial charge in [0.05, 0.1) is 6.10 Å². The zero-order valence-electron chi connectivity index (χ0n) is 12.1. The molecule has 0 saturated carbocycles. The number of hydrogen-bond acceptors (Lipinski definition) is 2. The molecule has 0 aliphatic carbocycles. The molecule has 1 aromatic rings. The predicted molar refractivity (Wildman–Crippen MR) is 77.6 cm³/mol. The molecule has 0 radical (unpaired) electrons. The maximum atomic E-state index is 6.18. The highest BCUT2D eigenvalue weighted by Crippen LogP contribution is 2.23. The number of hydrogen-bond donors (Lipinski definition) is 1. The molecule has 0 aliphatic rings. The van der Waals surface area contributed by atoms with Crippen molar-refractivity contribution in [2.24, 2.45) is 11.7 Å². The molecular weight excluding hydrogens is 222 g/mol. The van der Waals surface area contributed by atoms with E-state index in [1.165, 1.54) is 11.1 Å².